The van der Waals surface area contributed by atoms with Gasteiger partial charge >= 0.3 is 0 Å². The van der Waals surface area contributed by atoms with Crippen LogP contribution >= 0.6 is 23.1 Å². The van der Waals surface area contributed by atoms with Crippen LogP contribution < -0.4 is 5.43 Å². The highest BCUT2D eigenvalue weighted by molar-refractivity contribution is 7.99. The van der Waals surface area contributed by atoms with Crippen LogP contribution in [0.2, 0.25) is 0 Å². The first-order chi connectivity index (χ1) is 9.29. The minimum atomic E-state index is 0.0933. The second-order valence-electron chi connectivity index (χ2n) is 4.16. The lowest BCUT2D eigenvalue weighted by molar-refractivity contribution is 0.322. The minimum absolute atomic E-state index is 0.0933. The van der Waals surface area contributed by atoms with E-state index in [0.717, 1.165) is 25.1 Å². The van der Waals surface area contributed by atoms with Gasteiger partial charge in [0, 0.05) is 30.8 Å². The molecule has 3 aromatic rings. The molecule has 1 N–H and O–H groups in total. The number of aliphatic hydroxyl groups is 1. The maximum atomic E-state index is 12.5. The van der Waals surface area contributed by atoms with E-state index in [4.69, 9.17) is 5.11 Å². The van der Waals surface area contributed by atoms with E-state index in [1.165, 1.54) is 0 Å². The van der Waals surface area contributed by atoms with Crippen LogP contribution in [0.25, 0.3) is 20.2 Å². The van der Waals surface area contributed by atoms with E-state index < -0.39 is 0 Å². The average Bonchev–Trinajstić information content (AvgIpc) is 2.46. The number of hydrogen-bond acceptors (Lipinski definition) is 4. The van der Waals surface area contributed by atoms with Crippen LogP contribution in [0.1, 0.15) is 0 Å². The molecule has 1 aromatic heterocycles. The second-order valence-corrected chi connectivity index (χ2v) is 6.41. The number of aliphatic hydroxyl groups excluding tert-OH is 1. The van der Waals surface area contributed by atoms with E-state index in [1.807, 2.05) is 42.5 Å². The lowest BCUT2D eigenvalue weighted by Crippen LogP contribution is -2.00. The smallest absolute Gasteiger partial charge is 0.195 e. The third-order valence-corrected chi connectivity index (χ3v) is 5.03. The summed E-state index contributed by atoms with van der Waals surface area (Å²) in [7, 11) is 0. The maximum absolute atomic E-state index is 12.5. The highest BCUT2D eigenvalue weighted by atomic mass is 32.2. The Balaban J connectivity index is 2.24. The fourth-order valence-electron chi connectivity index (χ4n) is 2.04. The summed E-state index contributed by atoms with van der Waals surface area (Å²) in [5.74, 6) is 0.650. The van der Waals surface area contributed by atoms with Crippen molar-refractivity contribution in [2.45, 2.75) is 4.90 Å². The van der Waals surface area contributed by atoms with E-state index in [0.29, 0.717) is 5.75 Å². The van der Waals surface area contributed by atoms with Gasteiger partial charge in [0.05, 0.1) is 6.61 Å². The average molecular weight is 288 g/mol. The Morgan fingerprint density at radius 2 is 1.84 bits per heavy atom. The Bertz CT molecular complexity index is 793. The van der Waals surface area contributed by atoms with Crippen LogP contribution in [0, 0.1) is 0 Å². The third-order valence-electron chi connectivity index (χ3n) is 2.91. The summed E-state index contributed by atoms with van der Waals surface area (Å²) in [6.45, 7) is 0.146. The summed E-state index contributed by atoms with van der Waals surface area (Å²) in [5.41, 5.74) is 0.0933. The molecule has 1 heterocycles. The second kappa shape index (κ2) is 5.33. The van der Waals surface area contributed by atoms with Crippen LogP contribution in [0.3, 0.4) is 0 Å². The summed E-state index contributed by atoms with van der Waals surface area (Å²) in [6.07, 6.45) is 0. The summed E-state index contributed by atoms with van der Waals surface area (Å²) in [5, 5.41) is 10.4. The fraction of sp³-hybridized carbons (Fsp3) is 0.133. The normalized spacial score (nSPS) is 11.2. The third kappa shape index (κ3) is 2.39. The zero-order chi connectivity index (χ0) is 13.2. The van der Waals surface area contributed by atoms with E-state index in [2.05, 4.69) is 0 Å². The monoisotopic (exact) mass is 288 g/mol. The SMILES string of the molecule is O=c1c2ccccc2sc2ccc(SCCO)cc12. The van der Waals surface area contributed by atoms with E-state index in [9.17, 15) is 4.79 Å². The maximum Gasteiger partial charge on any atom is 0.195 e. The molecular weight excluding hydrogens is 276 g/mol. The standard InChI is InChI=1S/C15H12O2S2/c16-7-8-18-10-5-6-14-12(9-10)15(17)11-3-1-2-4-13(11)19-14/h1-6,9,16H,7-8H2. The van der Waals surface area contributed by atoms with Crippen molar-refractivity contribution in [3.8, 4) is 0 Å². The van der Waals surface area contributed by atoms with Crippen LogP contribution in [-0.4, -0.2) is 17.5 Å². The molecule has 2 aromatic carbocycles. The molecular formula is C15H12O2S2. The Labute approximate surface area is 118 Å². The largest absolute Gasteiger partial charge is 0.396 e. The highest BCUT2D eigenvalue weighted by Gasteiger charge is 2.06. The molecule has 0 saturated carbocycles. The van der Waals surface area contributed by atoms with Crippen molar-refractivity contribution in [1.29, 1.82) is 0 Å². The van der Waals surface area contributed by atoms with Gasteiger partial charge in [-0.05, 0) is 30.3 Å². The van der Waals surface area contributed by atoms with Crippen molar-refractivity contribution in [2.75, 3.05) is 12.4 Å². The van der Waals surface area contributed by atoms with Gasteiger partial charge in [-0.25, -0.2) is 0 Å². The molecule has 0 aliphatic rings. The molecule has 0 saturated heterocycles. The molecule has 0 aliphatic carbocycles. The Kier molecular flexibility index (Phi) is 3.55. The van der Waals surface area contributed by atoms with Gasteiger partial charge in [-0.1, -0.05) is 12.1 Å². The van der Waals surface area contributed by atoms with Crippen molar-refractivity contribution in [3.63, 3.8) is 0 Å². The molecule has 0 radical (unpaired) electrons. The van der Waals surface area contributed by atoms with E-state index >= 15 is 0 Å². The Hall–Kier alpha value is -1.36. The lowest BCUT2D eigenvalue weighted by Gasteiger charge is -2.03. The molecule has 0 atom stereocenters. The summed E-state index contributed by atoms with van der Waals surface area (Å²) in [6, 6.07) is 13.6. The number of fused-ring (bicyclic) bond motifs is 2. The molecule has 0 spiro atoms. The molecule has 96 valence electrons. The van der Waals surface area contributed by atoms with Gasteiger partial charge < -0.3 is 5.11 Å². The molecule has 4 heteroatoms. The predicted molar refractivity (Wildman–Crippen MR) is 83.4 cm³/mol. The number of hydrogen-bond donors (Lipinski definition) is 1. The molecule has 3 rings (SSSR count). The van der Waals surface area contributed by atoms with Crippen LogP contribution in [0.15, 0.2) is 52.2 Å². The summed E-state index contributed by atoms with van der Waals surface area (Å²) >= 11 is 3.20. The van der Waals surface area contributed by atoms with Crippen molar-refractivity contribution >= 4 is 43.3 Å². The fourth-order valence-corrected chi connectivity index (χ4v) is 3.78. The van der Waals surface area contributed by atoms with Crippen molar-refractivity contribution < 1.29 is 5.11 Å². The molecule has 0 bridgehead atoms. The summed E-state index contributed by atoms with van der Waals surface area (Å²) in [4.78, 5) is 13.5. The van der Waals surface area contributed by atoms with E-state index in [1.54, 1.807) is 23.1 Å². The minimum Gasteiger partial charge on any atom is -0.396 e. The first kappa shape index (κ1) is 12.7. The van der Waals surface area contributed by atoms with E-state index in [-0.39, 0.29) is 12.0 Å². The summed E-state index contributed by atoms with van der Waals surface area (Å²) < 4.78 is 2.04. The highest BCUT2D eigenvalue weighted by Crippen LogP contribution is 2.28. The van der Waals surface area contributed by atoms with Crippen LogP contribution in [0.5, 0.6) is 0 Å². The Morgan fingerprint density at radius 3 is 2.68 bits per heavy atom. The van der Waals surface area contributed by atoms with Gasteiger partial charge in [-0.15, -0.1) is 23.1 Å². The zero-order valence-electron chi connectivity index (χ0n) is 10.1. The quantitative estimate of drug-likeness (QED) is 0.592. The molecule has 0 fully saturated rings. The first-order valence-corrected chi connectivity index (χ1v) is 7.79. The number of rotatable bonds is 3. The topological polar surface area (TPSA) is 37.3 Å². The Morgan fingerprint density at radius 1 is 1.05 bits per heavy atom. The van der Waals surface area contributed by atoms with Gasteiger partial charge in [0.25, 0.3) is 0 Å². The van der Waals surface area contributed by atoms with Crippen LogP contribution in [0.4, 0.5) is 0 Å². The van der Waals surface area contributed by atoms with Gasteiger partial charge in [0.15, 0.2) is 5.43 Å². The van der Waals surface area contributed by atoms with Gasteiger partial charge in [-0.2, -0.15) is 0 Å². The van der Waals surface area contributed by atoms with Crippen molar-refractivity contribution in [1.82, 2.24) is 0 Å². The van der Waals surface area contributed by atoms with Gasteiger partial charge in [0.1, 0.15) is 0 Å². The molecule has 0 unspecified atom stereocenters. The van der Waals surface area contributed by atoms with Crippen LogP contribution in [-0.2, 0) is 0 Å². The lowest BCUT2D eigenvalue weighted by atomic mass is 10.2. The molecule has 0 aliphatic heterocycles. The number of thioether (sulfide) groups is 1. The predicted octanol–water partition coefficient (Wildman–Crippen LogP) is 3.50. The van der Waals surface area contributed by atoms with Crippen molar-refractivity contribution in [2.24, 2.45) is 0 Å². The van der Waals surface area contributed by atoms with Crippen molar-refractivity contribution in [3.05, 3.63) is 52.7 Å². The zero-order valence-corrected chi connectivity index (χ0v) is 11.8. The number of benzene rings is 2. The van der Waals surface area contributed by atoms with Gasteiger partial charge in [-0.3, -0.25) is 4.79 Å². The van der Waals surface area contributed by atoms with Gasteiger partial charge in [0.2, 0.25) is 0 Å². The molecule has 0 amide bonds. The molecule has 2 nitrogen and oxygen atoms in total. The molecule has 19 heavy (non-hydrogen) atoms. The first-order valence-electron chi connectivity index (χ1n) is 5.99.